The summed E-state index contributed by atoms with van der Waals surface area (Å²) in [4.78, 5) is 28.0. The molecule has 1 fully saturated rings. The molecule has 3 aromatic carbocycles. The van der Waals surface area contributed by atoms with E-state index in [2.05, 4.69) is 10.2 Å². The fourth-order valence-corrected chi connectivity index (χ4v) is 6.72. The van der Waals surface area contributed by atoms with Gasteiger partial charge in [0.25, 0.3) is 5.78 Å². The molecule has 1 aliphatic heterocycles. The monoisotopic (exact) mass is 629 g/mol. The number of amides is 1. The third-order valence-corrected chi connectivity index (χ3v) is 9.06. The lowest BCUT2D eigenvalue weighted by Gasteiger charge is -2.22. The summed E-state index contributed by atoms with van der Waals surface area (Å²) in [5.41, 5.74) is 1.65. The molecule has 0 bridgehead atoms. The SMILES string of the molecule is CCOc1ccc(C2/C(=C(\O)c3ccc(C)c(F)c3)C(=O)C(=O)N2c2nnc(SCc3ccc(Cl)cc3Cl)s2)cc1. The maximum Gasteiger partial charge on any atom is 0.301 e. The quantitative estimate of drug-likeness (QED) is 0.0705. The first kappa shape index (κ1) is 29.1. The van der Waals surface area contributed by atoms with Gasteiger partial charge in [0.15, 0.2) is 4.34 Å². The molecule has 210 valence electrons. The van der Waals surface area contributed by atoms with Crippen LogP contribution < -0.4 is 9.64 Å². The molecule has 4 aromatic rings. The Morgan fingerprint density at radius 2 is 1.85 bits per heavy atom. The number of thioether (sulfide) groups is 1. The van der Waals surface area contributed by atoms with Crippen LogP contribution in [0.3, 0.4) is 0 Å². The molecule has 1 atom stereocenters. The molecule has 5 rings (SSSR count). The van der Waals surface area contributed by atoms with Crippen LogP contribution in [0.4, 0.5) is 9.52 Å². The Kier molecular flexibility index (Phi) is 8.65. The first-order chi connectivity index (χ1) is 19.7. The Labute approximate surface area is 253 Å². The minimum atomic E-state index is -1.04. The molecular weight excluding hydrogens is 608 g/mol. The van der Waals surface area contributed by atoms with Crippen molar-refractivity contribution >= 4 is 68.9 Å². The van der Waals surface area contributed by atoms with Crippen molar-refractivity contribution in [3.63, 3.8) is 0 Å². The van der Waals surface area contributed by atoms with E-state index >= 15 is 0 Å². The van der Waals surface area contributed by atoms with Crippen molar-refractivity contribution in [2.45, 2.75) is 30.0 Å². The smallest absolute Gasteiger partial charge is 0.301 e. The van der Waals surface area contributed by atoms with Gasteiger partial charge < -0.3 is 9.84 Å². The highest BCUT2D eigenvalue weighted by atomic mass is 35.5. The van der Waals surface area contributed by atoms with Crippen molar-refractivity contribution < 1.29 is 23.8 Å². The van der Waals surface area contributed by atoms with Gasteiger partial charge >= 0.3 is 5.91 Å². The zero-order valence-electron chi connectivity index (χ0n) is 21.7. The average molecular weight is 631 g/mol. The number of ketones is 1. The van der Waals surface area contributed by atoms with Crippen molar-refractivity contribution in [3.05, 3.63) is 104 Å². The molecule has 1 aliphatic rings. The van der Waals surface area contributed by atoms with Crippen LogP contribution >= 0.6 is 46.3 Å². The van der Waals surface area contributed by atoms with E-state index in [0.29, 0.717) is 43.6 Å². The fraction of sp³-hybridized carbons (Fsp3) is 0.172. The van der Waals surface area contributed by atoms with Gasteiger partial charge in [-0.05, 0) is 60.9 Å². The van der Waals surface area contributed by atoms with Gasteiger partial charge in [0, 0.05) is 21.4 Å². The molecule has 0 saturated carbocycles. The van der Waals surface area contributed by atoms with E-state index < -0.39 is 29.3 Å². The molecule has 0 aliphatic carbocycles. The first-order valence-electron chi connectivity index (χ1n) is 12.4. The van der Waals surface area contributed by atoms with Gasteiger partial charge in [0.05, 0.1) is 18.2 Å². The van der Waals surface area contributed by atoms with Gasteiger partial charge in [0.1, 0.15) is 17.3 Å². The Morgan fingerprint density at radius 1 is 1.10 bits per heavy atom. The third kappa shape index (κ3) is 5.97. The minimum Gasteiger partial charge on any atom is -0.507 e. The van der Waals surface area contributed by atoms with E-state index in [1.54, 1.807) is 43.3 Å². The Balaban J connectivity index is 1.54. The number of carbonyl (C=O) groups excluding carboxylic acids is 2. The van der Waals surface area contributed by atoms with Crippen LogP contribution in [-0.2, 0) is 15.3 Å². The number of ether oxygens (including phenoxy) is 1. The van der Waals surface area contributed by atoms with E-state index in [-0.39, 0.29) is 16.3 Å². The molecular formula is C29H22Cl2FN3O4S2. The number of aliphatic hydroxyl groups is 1. The van der Waals surface area contributed by atoms with Crippen molar-refractivity contribution in [3.8, 4) is 5.75 Å². The predicted octanol–water partition coefficient (Wildman–Crippen LogP) is 7.61. The number of hydrogen-bond donors (Lipinski definition) is 1. The number of carbonyl (C=O) groups is 2. The van der Waals surface area contributed by atoms with Crippen molar-refractivity contribution in [1.82, 2.24) is 10.2 Å². The normalized spacial score (nSPS) is 16.4. The lowest BCUT2D eigenvalue weighted by Crippen LogP contribution is -2.29. The predicted molar refractivity (Wildman–Crippen MR) is 159 cm³/mol. The fourth-order valence-electron chi connectivity index (χ4n) is 4.29. The van der Waals surface area contributed by atoms with E-state index in [1.165, 1.54) is 28.8 Å². The highest BCUT2D eigenvalue weighted by Crippen LogP contribution is 2.44. The number of benzene rings is 3. The number of hydrogen-bond acceptors (Lipinski definition) is 8. The standard InChI is InChI=1S/C29H22Cl2FN3O4S2/c1-3-39-20-10-7-16(8-11-20)24-23(25(36)17-5-4-15(2)22(32)12-17)26(37)27(38)35(24)28-33-34-29(41-28)40-14-18-6-9-19(30)13-21(18)31/h4-13,24,36H,3,14H2,1-2H3/b25-23+. The highest BCUT2D eigenvalue weighted by molar-refractivity contribution is 8.00. The second kappa shape index (κ2) is 12.2. The molecule has 41 heavy (non-hydrogen) atoms. The molecule has 0 radical (unpaired) electrons. The summed E-state index contributed by atoms with van der Waals surface area (Å²) in [7, 11) is 0. The molecule has 7 nitrogen and oxygen atoms in total. The number of halogens is 3. The van der Waals surface area contributed by atoms with Gasteiger partial charge in [-0.25, -0.2) is 4.39 Å². The van der Waals surface area contributed by atoms with Gasteiger partial charge in [-0.15, -0.1) is 10.2 Å². The largest absolute Gasteiger partial charge is 0.507 e. The molecule has 1 unspecified atom stereocenters. The van der Waals surface area contributed by atoms with Crippen LogP contribution in [0, 0.1) is 12.7 Å². The van der Waals surface area contributed by atoms with Crippen molar-refractivity contribution in [1.29, 1.82) is 0 Å². The van der Waals surface area contributed by atoms with E-state index in [9.17, 15) is 19.1 Å². The maximum atomic E-state index is 14.4. The number of aryl methyl sites for hydroxylation is 1. The van der Waals surface area contributed by atoms with Crippen molar-refractivity contribution in [2.24, 2.45) is 0 Å². The zero-order chi connectivity index (χ0) is 29.3. The third-order valence-electron chi connectivity index (χ3n) is 6.36. The summed E-state index contributed by atoms with van der Waals surface area (Å²) >= 11 is 14.8. The molecule has 12 heteroatoms. The number of nitrogens with zero attached hydrogens (tertiary/aromatic N) is 3. The van der Waals surface area contributed by atoms with E-state index in [4.69, 9.17) is 27.9 Å². The van der Waals surface area contributed by atoms with Crippen LogP contribution in [0.15, 0.2) is 70.6 Å². The van der Waals surface area contributed by atoms with Crippen LogP contribution in [0.2, 0.25) is 10.0 Å². The number of Topliss-reactive ketones (excluding diaryl/α,β-unsaturated/α-hetero) is 1. The highest BCUT2D eigenvalue weighted by Gasteiger charge is 2.48. The minimum absolute atomic E-state index is 0.0791. The summed E-state index contributed by atoms with van der Waals surface area (Å²) < 4.78 is 20.5. The first-order valence-corrected chi connectivity index (χ1v) is 14.9. The Morgan fingerprint density at radius 3 is 2.54 bits per heavy atom. The van der Waals surface area contributed by atoms with Gasteiger partial charge in [-0.3, -0.25) is 14.5 Å². The molecule has 1 N–H and O–H groups in total. The van der Waals surface area contributed by atoms with Crippen LogP contribution in [0.25, 0.3) is 5.76 Å². The number of rotatable bonds is 8. The van der Waals surface area contributed by atoms with Crippen LogP contribution in [0.1, 0.15) is 35.2 Å². The van der Waals surface area contributed by atoms with Crippen molar-refractivity contribution in [2.75, 3.05) is 11.5 Å². The number of anilines is 1. The van der Waals surface area contributed by atoms with Gasteiger partial charge in [-0.1, -0.05) is 76.6 Å². The molecule has 0 spiro atoms. The van der Waals surface area contributed by atoms with Crippen LogP contribution in [0.5, 0.6) is 5.75 Å². The second-order valence-corrected chi connectivity index (χ2v) is 12.0. The zero-order valence-corrected chi connectivity index (χ0v) is 24.9. The van der Waals surface area contributed by atoms with E-state index in [0.717, 1.165) is 23.0 Å². The summed E-state index contributed by atoms with van der Waals surface area (Å²) in [6.45, 7) is 3.91. The average Bonchev–Trinajstić information content (AvgIpc) is 3.52. The van der Waals surface area contributed by atoms with E-state index in [1.807, 2.05) is 13.0 Å². The Bertz CT molecular complexity index is 1680. The van der Waals surface area contributed by atoms with Gasteiger partial charge in [0.2, 0.25) is 5.13 Å². The summed E-state index contributed by atoms with van der Waals surface area (Å²) in [5, 5.41) is 20.9. The second-order valence-electron chi connectivity index (χ2n) is 9.01. The number of aliphatic hydroxyl groups excluding tert-OH is 1. The summed E-state index contributed by atoms with van der Waals surface area (Å²) in [6.07, 6.45) is 0. The Hall–Kier alpha value is -3.44. The molecule has 1 amide bonds. The lowest BCUT2D eigenvalue weighted by atomic mass is 9.95. The lowest BCUT2D eigenvalue weighted by molar-refractivity contribution is -0.132. The number of aromatic nitrogens is 2. The van der Waals surface area contributed by atoms with Crippen LogP contribution in [-0.4, -0.2) is 33.6 Å². The molecule has 1 aromatic heterocycles. The maximum absolute atomic E-state index is 14.4. The molecule has 2 heterocycles. The topological polar surface area (TPSA) is 92.6 Å². The van der Waals surface area contributed by atoms with Gasteiger partial charge in [-0.2, -0.15) is 0 Å². The molecule has 1 saturated heterocycles. The summed E-state index contributed by atoms with van der Waals surface area (Å²) in [6, 6.07) is 15.1. The summed E-state index contributed by atoms with van der Waals surface area (Å²) in [5.74, 6) is -1.76.